The molecule has 0 amide bonds. The Kier molecular flexibility index (Phi) is 7.87. The molecule has 1 saturated carbocycles. The molecule has 16 heavy (non-hydrogen) atoms. The second-order valence-corrected chi connectivity index (χ2v) is 5.13. The minimum atomic E-state index is 0.547. The summed E-state index contributed by atoms with van der Waals surface area (Å²) in [4.78, 5) is 0. The van der Waals surface area contributed by atoms with Gasteiger partial charge in [0.05, 0.1) is 12.7 Å². The Hall–Kier alpha value is -0.0800. The van der Waals surface area contributed by atoms with Gasteiger partial charge in [0.2, 0.25) is 0 Å². The molecule has 0 aromatic rings. The highest BCUT2D eigenvalue weighted by molar-refractivity contribution is 4.65. The first kappa shape index (κ1) is 14.0. The van der Waals surface area contributed by atoms with E-state index in [4.69, 9.17) is 4.74 Å². The van der Waals surface area contributed by atoms with Crippen LogP contribution in [0.25, 0.3) is 0 Å². The quantitative estimate of drug-likeness (QED) is 0.531. The molecular formula is C14H29NO. The van der Waals surface area contributed by atoms with Gasteiger partial charge < -0.3 is 10.1 Å². The van der Waals surface area contributed by atoms with Gasteiger partial charge in [-0.1, -0.05) is 39.0 Å². The van der Waals surface area contributed by atoms with Gasteiger partial charge in [-0.25, -0.2) is 0 Å². The Morgan fingerprint density at radius 3 is 2.50 bits per heavy atom. The molecule has 1 unspecified atom stereocenters. The Labute approximate surface area is 101 Å². The highest BCUT2D eigenvalue weighted by Crippen LogP contribution is 2.19. The van der Waals surface area contributed by atoms with Crippen LogP contribution in [0.4, 0.5) is 0 Å². The normalized spacial score (nSPS) is 20.6. The molecule has 0 bridgehead atoms. The molecule has 1 N–H and O–H groups in total. The van der Waals surface area contributed by atoms with Gasteiger partial charge in [-0.05, 0) is 26.2 Å². The van der Waals surface area contributed by atoms with Crippen LogP contribution in [0.5, 0.6) is 0 Å². The topological polar surface area (TPSA) is 21.3 Å². The van der Waals surface area contributed by atoms with Crippen molar-refractivity contribution in [2.45, 2.75) is 77.4 Å². The zero-order valence-corrected chi connectivity index (χ0v) is 11.1. The zero-order chi connectivity index (χ0) is 11.6. The largest absolute Gasteiger partial charge is 0.377 e. The SMILES string of the molecule is CCCC(C)NCCOC1CCCCCC1. The van der Waals surface area contributed by atoms with E-state index in [9.17, 15) is 0 Å². The predicted molar refractivity (Wildman–Crippen MR) is 69.8 cm³/mol. The number of hydrogen-bond donors (Lipinski definition) is 1. The van der Waals surface area contributed by atoms with E-state index in [0.717, 1.165) is 13.2 Å². The average Bonchev–Trinajstić information content (AvgIpc) is 2.53. The zero-order valence-electron chi connectivity index (χ0n) is 11.1. The minimum Gasteiger partial charge on any atom is -0.377 e. The molecule has 0 aromatic carbocycles. The fourth-order valence-corrected chi connectivity index (χ4v) is 2.47. The highest BCUT2D eigenvalue weighted by Gasteiger charge is 2.11. The summed E-state index contributed by atoms with van der Waals surface area (Å²) < 4.78 is 5.93. The van der Waals surface area contributed by atoms with Crippen LogP contribution in [0.15, 0.2) is 0 Å². The second-order valence-electron chi connectivity index (χ2n) is 5.13. The lowest BCUT2D eigenvalue weighted by atomic mass is 10.1. The fourth-order valence-electron chi connectivity index (χ4n) is 2.47. The van der Waals surface area contributed by atoms with Gasteiger partial charge >= 0.3 is 0 Å². The monoisotopic (exact) mass is 227 g/mol. The van der Waals surface area contributed by atoms with Crippen LogP contribution < -0.4 is 5.32 Å². The third-order valence-electron chi connectivity index (χ3n) is 3.47. The number of hydrogen-bond acceptors (Lipinski definition) is 2. The Balaban J connectivity index is 1.97. The van der Waals surface area contributed by atoms with Crippen molar-refractivity contribution in [1.29, 1.82) is 0 Å². The predicted octanol–water partition coefficient (Wildman–Crippen LogP) is 3.50. The number of nitrogens with one attached hydrogen (secondary N) is 1. The van der Waals surface area contributed by atoms with Crippen LogP contribution in [-0.2, 0) is 4.74 Å². The summed E-state index contributed by atoms with van der Waals surface area (Å²) in [5, 5.41) is 3.51. The summed E-state index contributed by atoms with van der Waals surface area (Å²) in [6, 6.07) is 0.641. The first-order chi connectivity index (χ1) is 7.83. The van der Waals surface area contributed by atoms with Crippen molar-refractivity contribution in [3.8, 4) is 0 Å². The van der Waals surface area contributed by atoms with Crippen molar-refractivity contribution in [2.24, 2.45) is 0 Å². The van der Waals surface area contributed by atoms with Crippen LogP contribution in [0.1, 0.15) is 65.2 Å². The van der Waals surface area contributed by atoms with E-state index in [1.165, 1.54) is 51.4 Å². The summed E-state index contributed by atoms with van der Waals surface area (Å²) >= 11 is 0. The van der Waals surface area contributed by atoms with E-state index in [2.05, 4.69) is 19.2 Å². The number of rotatable bonds is 7. The lowest BCUT2D eigenvalue weighted by molar-refractivity contribution is 0.0441. The lowest BCUT2D eigenvalue weighted by Gasteiger charge is -2.17. The number of ether oxygens (including phenoxy) is 1. The van der Waals surface area contributed by atoms with Gasteiger partial charge in [0.15, 0.2) is 0 Å². The average molecular weight is 227 g/mol. The molecule has 1 aliphatic carbocycles. The Bertz CT molecular complexity index is 153. The van der Waals surface area contributed by atoms with Crippen molar-refractivity contribution in [1.82, 2.24) is 5.32 Å². The van der Waals surface area contributed by atoms with Crippen molar-refractivity contribution >= 4 is 0 Å². The van der Waals surface area contributed by atoms with E-state index in [0.29, 0.717) is 12.1 Å². The summed E-state index contributed by atoms with van der Waals surface area (Å²) in [6.45, 7) is 6.39. The van der Waals surface area contributed by atoms with Crippen molar-refractivity contribution in [3.05, 3.63) is 0 Å². The lowest BCUT2D eigenvalue weighted by Crippen LogP contribution is -2.30. The van der Waals surface area contributed by atoms with Crippen molar-refractivity contribution in [3.63, 3.8) is 0 Å². The van der Waals surface area contributed by atoms with Gasteiger partial charge in [0.25, 0.3) is 0 Å². The molecule has 96 valence electrons. The molecule has 1 atom stereocenters. The van der Waals surface area contributed by atoms with Crippen LogP contribution >= 0.6 is 0 Å². The standard InChI is InChI=1S/C14H29NO/c1-3-8-13(2)15-11-12-16-14-9-6-4-5-7-10-14/h13-15H,3-12H2,1-2H3. The molecule has 1 rings (SSSR count). The van der Waals surface area contributed by atoms with Crippen LogP contribution in [0.3, 0.4) is 0 Å². The summed E-state index contributed by atoms with van der Waals surface area (Å²) in [7, 11) is 0. The molecule has 0 aliphatic heterocycles. The molecule has 0 spiro atoms. The smallest absolute Gasteiger partial charge is 0.0594 e. The first-order valence-electron chi connectivity index (χ1n) is 7.18. The third-order valence-corrected chi connectivity index (χ3v) is 3.47. The molecule has 0 saturated heterocycles. The van der Waals surface area contributed by atoms with Gasteiger partial charge in [-0.2, -0.15) is 0 Å². The maximum absolute atomic E-state index is 5.93. The Morgan fingerprint density at radius 2 is 1.88 bits per heavy atom. The van der Waals surface area contributed by atoms with Gasteiger partial charge in [0.1, 0.15) is 0 Å². The fraction of sp³-hybridized carbons (Fsp3) is 1.00. The van der Waals surface area contributed by atoms with E-state index in [-0.39, 0.29) is 0 Å². The molecule has 1 fully saturated rings. The molecular weight excluding hydrogens is 198 g/mol. The summed E-state index contributed by atoms with van der Waals surface area (Å²) in [5.41, 5.74) is 0. The molecule has 2 nitrogen and oxygen atoms in total. The molecule has 0 heterocycles. The Morgan fingerprint density at radius 1 is 1.19 bits per heavy atom. The highest BCUT2D eigenvalue weighted by atomic mass is 16.5. The summed E-state index contributed by atoms with van der Waals surface area (Å²) in [6.07, 6.45) is 11.2. The maximum Gasteiger partial charge on any atom is 0.0594 e. The van der Waals surface area contributed by atoms with E-state index < -0.39 is 0 Å². The van der Waals surface area contributed by atoms with Gasteiger partial charge in [-0.15, -0.1) is 0 Å². The molecule has 0 aromatic heterocycles. The van der Waals surface area contributed by atoms with Crippen molar-refractivity contribution < 1.29 is 4.74 Å². The van der Waals surface area contributed by atoms with Crippen LogP contribution in [0.2, 0.25) is 0 Å². The van der Waals surface area contributed by atoms with Crippen molar-refractivity contribution in [2.75, 3.05) is 13.2 Å². The second kappa shape index (κ2) is 9.00. The summed E-state index contributed by atoms with van der Waals surface area (Å²) in [5.74, 6) is 0. The third kappa shape index (κ3) is 6.49. The molecule has 1 aliphatic rings. The van der Waals surface area contributed by atoms with Crippen LogP contribution in [-0.4, -0.2) is 25.3 Å². The van der Waals surface area contributed by atoms with Gasteiger partial charge in [0, 0.05) is 12.6 Å². The van der Waals surface area contributed by atoms with E-state index in [1.807, 2.05) is 0 Å². The van der Waals surface area contributed by atoms with Gasteiger partial charge in [-0.3, -0.25) is 0 Å². The minimum absolute atomic E-state index is 0.547. The molecule has 2 heteroatoms. The van der Waals surface area contributed by atoms with E-state index >= 15 is 0 Å². The van der Waals surface area contributed by atoms with Crippen LogP contribution in [0, 0.1) is 0 Å². The van der Waals surface area contributed by atoms with E-state index in [1.54, 1.807) is 0 Å². The first-order valence-corrected chi connectivity index (χ1v) is 7.18. The maximum atomic E-state index is 5.93. The molecule has 0 radical (unpaired) electrons.